The summed E-state index contributed by atoms with van der Waals surface area (Å²) in [5.41, 5.74) is 2.22. The number of halogens is 2. The Morgan fingerprint density at radius 2 is 1.88 bits per heavy atom. The molecule has 144 valence electrons. The molecule has 0 aliphatic carbocycles. The number of aromatic nitrogens is 1. The second kappa shape index (κ2) is 10.3. The first kappa shape index (κ1) is 23.0. The lowest BCUT2D eigenvalue weighted by atomic mass is 9.85. The molecule has 2 rings (SSSR count). The van der Waals surface area contributed by atoms with Crippen molar-refractivity contribution in [1.29, 1.82) is 0 Å². The molecule has 0 saturated carbocycles. The van der Waals surface area contributed by atoms with Crippen molar-refractivity contribution in [2.24, 2.45) is 4.99 Å². The van der Waals surface area contributed by atoms with Crippen LogP contribution in [0.3, 0.4) is 0 Å². The van der Waals surface area contributed by atoms with Crippen LogP contribution >= 0.6 is 39.9 Å². The van der Waals surface area contributed by atoms with Crippen molar-refractivity contribution < 1.29 is 4.52 Å². The molecule has 2 aromatic rings. The Bertz CT molecular complexity index is 711. The minimum atomic E-state index is -0.0185. The van der Waals surface area contributed by atoms with E-state index < -0.39 is 0 Å². The van der Waals surface area contributed by atoms with Crippen molar-refractivity contribution in [3.8, 4) is 0 Å². The van der Waals surface area contributed by atoms with Crippen LogP contribution in [0.2, 0.25) is 0 Å². The van der Waals surface area contributed by atoms with Crippen LogP contribution in [0.25, 0.3) is 0 Å². The summed E-state index contributed by atoms with van der Waals surface area (Å²) < 4.78 is 6.44. The summed E-state index contributed by atoms with van der Waals surface area (Å²) in [6.45, 7) is 9.93. The monoisotopic (exact) mass is 534 g/mol. The molecule has 0 unspecified atom stereocenters. The molecule has 1 heterocycles. The van der Waals surface area contributed by atoms with Gasteiger partial charge in [0.25, 0.3) is 0 Å². The van der Waals surface area contributed by atoms with Gasteiger partial charge in [-0.25, -0.2) is 0 Å². The van der Waals surface area contributed by atoms with Crippen molar-refractivity contribution in [3.05, 3.63) is 51.8 Å². The van der Waals surface area contributed by atoms with E-state index in [0.717, 1.165) is 28.4 Å². The predicted octanol–water partition coefficient (Wildman–Crippen LogP) is 4.82. The third-order valence-corrected chi connectivity index (χ3v) is 4.67. The van der Waals surface area contributed by atoms with Gasteiger partial charge in [0.2, 0.25) is 0 Å². The van der Waals surface area contributed by atoms with E-state index in [-0.39, 0.29) is 29.4 Å². The quantitative estimate of drug-likeness (QED) is 0.317. The second-order valence-corrected chi connectivity index (χ2v) is 7.96. The zero-order valence-corrected chi connectivity index (χ0v) is 19.9. The van der Waals surface area contributed by atoms with Crippen molar-refractivity contribution in [2.45, 2.75) is 45.6 Å². The van der Waals surface area contributed by atoms with Gasteiger partial charge in [0.05, 0.1) is 12.2 Å². The molecule has 0 atom stereocenters. The molecule has 5 nitrogen and oxygen atoms in total. The summed E-state index contributed by atoms with van der Waals surface area (Å²) in [7, 11) is 1.77. The number of rotatable bonds is 6. The fourth-order valence-electron chi connectivity index (χ4n) is 2.38. The highest BCUT2D eigenvalue weighted by atomic mass is 127. The van der Waals surface area contributed by atoms with Crippen LogP contribution in [0.1, 0.15) is 50.6 Å². The summed E-state index contributed by atoms with van der Waals surface area (Å²) in [5.74, 6) is 1.91. The zero-order valence-electron chi connectivity index (χ0n) is 16.0. The van der Waals surface area contributed by atoms with Gasteiger partial charge < -0.3 is 15.2 Å². The maximum absolute atomic E-state index is 5.35. The average molecular weight is 535 g/mol. The van der Waals surface area contributed by atoms with Crippen molar-refractivity contribution in [1.82, 2.24) is 15.8 Å². The SMILES string of the molecule is CN=C(NCc1cc(C(C)C)no1)NCC(C)(C)c1ccc(Br)cc1.I. The van der Waals surface area contributed by atoms with E-state index in [4.69, 9.17) is 4.52 Å². The predicted molar refractivity (Wildman–Crippen MR) is 121 cm³/mol. The van der Waals surface area contributed by atoms with Crippen molar-refractivity contribution in [3.63, 3.8) is 0 Å². The van der Waals surface area contributed by atoms with Crippen LogP contribution in [-0.4, -0.2) is 24.7 Å². The molecule has 0 saturated heterocycles. The van der Waals surface area contributed by atoms with E-state index in [1.54, 1.807) is 7.05 Å². The molecule has 0 aliphatic heterocycles. The number of nitrogens with one attached hydrogen (secondary N) is 2. The van der Waals surface area contributed by atoms with Gasteiger partial charge in [-0.1, -0.05) is 60.9 Å². The summed E-state index contributed by atoms with van der Waals surface area (Å²) in [6.07, 6.45) is 0. The van der Waals surface area contributed by atoms with Crippen molar-refractivity contribution >= 4 is 45.9 Å². The molecule has 0 aliphatic rings. The maximum atomic E-state index is 5.35. The lowest BCUT2D eigenvalue weighted by Crippen LogP contribution is -2.43. The van der Waals surface area contributed by atoms with Crippen molar-refractivity contribution in [2.75, 3.05) is 13.6 Å². The topological polar surface area (TPSA) is 62.5 Å². The van der Waals surface area contributed by atoms with Crippen LogP contribution in [0.15, 0.2) is 44.3 Å². The standard InChI is InChI=1S/C19H27BrN4O.HI/c1-13(2)17-10-16(25-24-17)11-22-18(21-5)23-12-19(3,4)14-6-8-15(20)9-7-14;/h6-10,13H,11-12H2,1-5H3,(H2,21,22,23);1H. The molecule has 2 N–H and O–H groups in total. The highest BCUT2D eigenvalue weighted by molar-refractivity contribution is 14.0. The number of aliphatic imine (C=N–C) groups is 1. The van der Waals surface area contributed by atoms with E-state index in [9.17, 15) is 0 Å². The lowest BCUT2D eigenvalue weighted by Gasteiger charge is -2.26. The summed E-state index contributed by atoms with van der Waals surface area (Å²) in [4.78, 5) is 4.28. The highest BCUT2D eigenvalue weighted by Crippen LogP contribution is 2.24. The van der Waals surface area contributed by atoms with Gasteiger partial charge in [0.1, 0.15) is 0 Å². The molecule has 0 amide bonds. The number of hydrogen-bond acceptors (Lipinski definition) is 3. The van der Waals surface area contributed by atoms with Crippen LogP contribution < -0.4 is 10.6 Å². The van der Waals surface area contributed by atoms with Crippen LogP contribution in [0, 0.1) is 0 Å². The van der Waals surface area contributed by atoms with Crippen LogP contribution in [-0.2, 0) is 12.0 Å². The van der Waals surface area contributed by atoms with Gasteiger partial charge in [-0.05, 0) is 23.6 Å². The molecule has 0 fully saturated rings. The highest BCUT2D eigenvalue weighted by Gasteiger charge is 2.21. The Balaban J connectivity index is 0.00000338. The minimum Gasteiger partial charge on any atom is -0.359 e. The Morgan fingerprint density at radius 1 is 1.23 bits per heavy atom. The molecular formula is C19H28BrIN4O. The third-order valence-electron chi connectivity index (χ3n) is 4.15. The molecule has 0 radical (unpaired) electrons. The summed E-state index contributed by atoms with van der Waals surface area (Å²) in [5, 5.41) is 10.7. The molecule has 1 aromatic carbocycles. The number of hydrogen-bond donors (Lipinski definition) is 2. The van der Waals surface area contributed by atoms with Crippen LogP contribution in [0.5, 0.6) is 0 Å². The molecule has 0 spiro atoms. The first-order chi connectivity index (χ1) is 11.8. The first-order valence-corrected chi connectivity index (χ1v) is 9.27. The van der Waals surface area contributed by atoms with Crippen LogP contribution in [0.4, 0.5) is 0 Å². The summed E-state index contributed by atoms with van der Waals surface area (Å²) in [6, 6.07) is 10.4. The minimum absolute atomic E-state index is 0. The van der Waals surface area contributed by atoms with E-state index in [0.29, 0.717) is 12.5 Å². The van der Waals surface area contributed by atoms with Gasteiger partial charge in [0.15, 0.2) is 11.7 Å². The Labute approximate surface area is 181 Å². The molecule has 7 heteroatoms. The van der Waals surface area contributed by atoms with Gasteiger partial charge >= 0.3 is 0 Å². The first-order valence-electron chi connectivity index (χ1n) is 8.48. The van der Waals surface area contributed by atoms with E-state index in [1.165, 1.54) is 5.56 Å². The second-order valence-electron chi connectivity index (χ2n) is 7.04. The smallest absolute Gasteiger partial charge is 0.191 e. The lowest BCUT2D eigenvalue weighted by molar-refractivity contribution is 0.371. The molecule has 1 aromatic heterocycles. The number of benzene rings is 1. The average Bonchev–Trinajstić information content (AvgIpc) is 3.04. The number of nitrogens with zero attached hydrogens (tertiary/aromatic N) is 2. The Hall–Kier alpha value is -1.09. The van der Waals surface area contributed by atoms with E-state index >= 15 is 0 Å². The normalized spacial score (nSPS) is 12.0. The van der Waals surface area contributed by atoms with E-state index in [1.807, 2.05) is 6.07 Å². The van der Waals surface area contributed by atoms with Gasteiger partial charge in [0, 0.05) is 29.5 Å². The van der Waals surface area contributed by atoms with E-state index in [2.05, 4.69) is 88.7 Å². The Morgan fingerprint density at radius 3 is 2.42 bits per heavy atom. The maximum Gasteiger partial charge on any atom is 0.191 e. The largest absolute Gasteiger partial charge is 0.359 e. The Kier molecular flexibility index (Phi) is 9.09. The fraction of sp³-hybridized carbons (Fsp3) is 0.474. The molecular weight excluding hydrogens is 507 g/mol. The van der Waals surface area contributed by atoms with Gasteiger partial charge in [-0.3, -0.25) is 4.99 Å². The van der Waals surface area contributed by atoms with Gasteiger partial charge in [-0.2, -0.15) is 0 Å². The molecule has 26 heavy (non-hydrogen) atoms. The summed E-state index contributed by atoms with van der Waals surface area (Å²) >= 11 is 3.48. The van der Waals surface area contributed by atoms with Gasteiger partial charge in [-0.15, -0.1) is 24.0 Å². The number of guanidine groups is 1. The zero-order chi connectivity index (χ0) is 18.4. The molecule has 0 bridgehead atoms. The fourth-order valence-corrected chi connectivity index (χ4v) is 2.65. The third kappa shape index (κ3) is 6.57.